The van der Waals surface area contributed by atoms with Gasteiger partial charge < -0.3 is 14.8 Å². The monoisotopic (exact) mass is 469 g/mol. The first-order chi connectivity index (χ1) is 17.0. The van der Waals surface area contributed by atoms with Gasteiger partial charge in [0.25, 0.3) is 0 Å². The van der Waals surface area contributed by atoms with Gasteiger partial charge in [-0.2, -0.15) is 0 Å². The van der Waals surface area contributed by atoms with E-state index in [2.05, 4.69) is 15.3 Å². The van der Waals surface area contributed by atoms with E-state index in [1.54, 1.807) is 86.8 Å². The molecule has 0 aliphatic heterocycles. The molecule has 1 N–H and O–H groups in total. The third kappa shape index (κ3) is 5.33. The number of nitrogens with zero attached hydrogens (tertiary/aromatic N) is 2. The third-order valence-electron chi connectivity index (χ3n) is 5.13. The zero-order valence-corrected chi connectivity index (χ0v) is 19.3. The molecule has 0 atom stereocenters. The zero-order chi connectivity index (χ0) is 24.8. The van der Waals surface area contributed by atoms with Crippen LogP contribution in [-0.2, 0) is 9.47 Å². The van der Waals surface area contributed by atoms with Gasteiger partial charge in [0.2, 0.25) is 5.78 Å². The van der Waals surface area contributed by atoms with Crippen molar-refractivity contribution in [1.29, 1.82) is 0 Å². The average Bonchev–Trinajstić information content (AvgIpc) is 2.88. The summed E-state index contributed by atoms with van der Waals surface area (Å²) in [6.07, 6.45) is 3.21. The van der Waals surface area contributed by atoms with E-state index in [9.17, 15) is 14.4 Å². The van der Waals surface area contributed by atoms with Gasteiger partial charge in [0.05, 0.1) is 41.4 Å². The van der Waals surface area contributed by atoms with Crippen molar-refractivity contribution in [2.45, 2.75) is 13.8 Å². The number of esters is 2. The van der Waals surface area contributed by atoms with Crippen molar-refractivity contribution in [3.8, 4) is 0 Å². The second-order valence-corrected chi connectivity index (χ2v) is 7.47. The first kappa shape index (κ1) is 23.6. The van der Waals surface area contributed by atoms with Crippen LogP contribution in [0, 0.1) is 0 Å². The number of aromatic nitrogens is 1. The van der Waals surface area contributed by atoms with Crippen molar-refractivity contribution in [3.05, 3.63) is 101 Å². The van der Waals surface area contributed by atoms with Gasteiger partial charge in [-0.15, -0.1) is 0 Å². The summed E-state index contributed by atoms with van der Waals surface area (Å²) in [6.45, 7) is 4.09. The zero-order valence-electron chi connectivity index (χ0n) is 19.3. The van der Waals surface area contributed by atoms with E-state index in [1.165, 1.54) is 0 Å². The molecule has 1 aliphatic carbocycles. The number of hydrogen-bond donors (Lipinski definition) is 1. The molecular weight excluding hydrogens is 446 g/mol. The number of hydrogen-bond acceptors (Lipinski definition) is 8. The molecule has 2 aromatic carbocycles. The molecule has 8 nitrogen and oxygen atoms in total. The number of carbonyl (C=O) groups excluding carboxylic acids is 3. The summed E-state index contributed by atoms with van der Waals surface area (Å²) < 4.78 is 10.0. The van der Waals surface area contributed by atoms with E-state index in [0.717, 1.165) is 0 Å². The fraction of sp³-hybridized carbons (Fsp3) is 0.148. The Bertz CT molecular complexity index is 1330. The summed E-state index contributed by atoms with van der Waals surface area (Å²) in [4.78, 5) is 45.8. The van der Waals surface area contributed by atoms with Crippen LogP contribution < -0.4 is 5.32 Å². The standard InChI is InChI=1S/C27H23N3O5/c1-3-34-26(32)17-7-11-19(12-8-17)29-22-16-23(25(31)24-21(22)6-5-15-28-24)30-20-13-9-18(10-14-20)27(33)35-4-2/h5-16,30H,3-4H2,1-2H3. The number of carbonyl (C=O) groups is 3. The summed E-state index contributed by atoms with van der Waals surface area (Å²) in [6, 6.07) is 16.9. The fourth-order valence-corrected chi connectivity index (χ4v) is 3.47. The van der Waals surface area contributed by atoms with Crippen LogP contribution in [0.15, 0.2) is 83.6 Å². The van der Waals surface area contributed by atoms with Crippen molar-refractivity contribution < 1.29 is 23.9 Å². The first-order valence-electron chi connectivity index (χ1n) is 11.1. The van der Waals surface area contributed by atoms with Gasteiger partial charge in [-0.05, 0) is 80.6 Å². The van der Waals surface area contributed by atoms with Gasteiger partial charge in [-0.1, -0.05) is 0 Å². The normalized spacial score (nSPS) is 13.6. The Morgan fingerprint density at radius 1 is 0.886 bits per heavy atom. The predicted molar refractivity (Wildman–Crippen MR) is 131 cm³/mol. The summed E-state index contributed by atoms with van der Waals surface area (Å²) in [5, 5.41) is 3.10. The van der Waals surface area contributed by atoms with Gasteiger partial charge in [-0.3, -0.25) is 9.78 Å². The van der Waals surface area contributed by atoms with Crippen LogP contribution in [0.5, 0.6) is 0 Å². The summed E-state index contributed by atoms with van der Waals surface area (Å²) in [5.74, 6) is -1.08. The molecule has 1 aliphatic rings. The average molecular weight is 469 g/mol. The fourth-order valence-electron chi connectivity index (χ4n) is 3.47. The highest BCUT2D eigenvalue weighted by atomic mass is 16.5. The van der Waals surface area contributed by atoms with Crippen LogP contribution in [-0.4, -0.2) is 41.6 Å². The number of benzene rings is 2. The molecule has 0 fully saturated rings. The number of ketones is 1. The quantitative estimate of drug-likeness (QED) is 0.498. The Kier molecular flexibility index (Phi) is 7.11. The van der Waals surface area contributed by atoms with Crippen molar-refractivity contribution >= 4 is 34.8 Å². The van der Waals surface area contributed by atoms with Crippen molar-refractivity contribution in [1.82, 2.24) is 4.98 Å². The number of ether oxygens (including phenoxy) is 2. The van der Waals surface area contributed by atoms with E-state index >= 15 is 0 Å². The SMILES string of the molecule is CCOC(=O)c1ccc(N=C2C=C(Nc3ccc(C(=O)OCC)cc3)C(=O)c3ncccc32)cc1. The van der Waals surface area contributed by atoms with E-state index < -0.39 is 11.9 Å². The van der Waals surface area contributed by atoms with Crippen molar-refractivity contribution in [3.63, 3.8) is 0 Å². The maximum absolute atomic E-state index is 13.1. The lowest BCUT2D eigenvalue weighted by molar-refractivity contribution is 0.0517. The van der Waals surface area contributed by atoms with Gasteiger partial charge in [0.1, 0.15) is 5.69 Å². The number of aliphatic imine (C=N–C) groups is 1. The molecule has 0 saturated heterocycles. The molecule has 0 amide bonds. The summed E-state index contributed by atoms with van der Waals surface area (Å²) in [5.41, 5.74) is 3.80. The molecule has 0 unspecified atom stereocenters. The smallest absolute Gasteiger partial charge is 0.338 e. The van der Waals surface area contributed by atoms with E-state index in [-0.39, 0.29) is 11.5 Å². The second kappa shape index (κ2) is 10.6. The predicted octanol–water partition coefficient (Wildman–Crippen LogP) is 4.75. The minimum Gasteiger partial charge on any atom is -0.462 e. The van der Waals surface area contributed by atoms with Gasteiger partial charge in [0, 0.05) is 17.4 Å². The highest BCUT2D eigenvalue weighted by Gasteiger charge is 2.26. The Hall–Kier alpha value is -4.59. The largest absolute Gasteiger partial charge is 0.462 e. The number of anilines is 1. The summed E-state index contributed by atoms with van der Waals surface area (Å²) >= 11 is 0. The molecule has 0 radical (unpaired) electrons. The van der Waals surface area contributed by atoms with Crippen molar-refractivity contribution in [2.24, 2.45) is 4.99 Å². The molecule has 0 saturated carbocycles. The molecule has 8 heteroatoms. The minimum absolute atomic E-state index is 0.272. The highest BCUT2D eigenvalue weighted by molar-refractivity contribution is 6.26. The molecule has 1 heterocycles. The molecule has 1 aromatic heterocycles. The molecule has 176 valence electrons. The Balaban J connectivity index is 1.64. The number of pyridine rings is 1. The number of allylic oxidation sites excluding steroid dienone is 2. The van der Waals surface area contributed by atoms with Crippen LogP contribution in [0.2, 0.25) is 0 Å². The van der Waals surface area contributed by atoms with Crippen LogP contribution in [0.3, 0.4) is 0 Å². The Morgan fingerprint density at radius 2 is 1.49 bits per heavy atom. The molecule has 0 bridgehead atoms. The third-order valence-corrected chi connectivity index (χ3v) is 5.13. The number of fused-ring (bicyclic) bond motifs is 1. The lowest BCUT2D eigenvalue weighted by Gasteiger charge is -2.18. The second-order valence-electron chi connectivity index (χ2n) is 7.47. The lowest BCUT2D eigenvalue weighted by atomic mass is 9.96. The number of rotatable bonds is 7. The minimum atomic E-state index is -0.409. The van der Waals surface area contributed by atoms with E-state index in [4.69, 9.17) is 9.47 Å². The molecular formula is C27H23N3O5. The van der Waals surface area contributed by atoms with E-state index in [0.29, 0.717) is 52.7 Å². The lowest BCUT2D eigenvalue weighted by Crippen LogP contribution is -2.23. The van der Waals surface area contributed by atoms with Gasteiger partial charge in [-0.25, -0.2) is 14.6 Å². The van der Waals surface area contributed by atoms with Gasteiger partial charge in [0.15, 0.2) is 0 Å². The Morgan fingerprint density at radius 3 is 2.09 bits per heavy atom. The van der Waals surface area contributed by atoms with Crippen LogP contribution in [0.1, 0.15) is 50.6 Å². The maximum atomic E-state index is 13.1. The highest BCUT2D eigenvalue weighted by Crippen LogP contribution is 2.25. The summed E-state index contributed by atoms with van der Waals surface area (Å²) in [7, 11) is 0. The van der Waals surface area contributed by atoms with Crippen LogP contribution >= 0.6 is 0 Å². The van der Waals surface area contributed by atoms with Gasteiger partial charge >= 0.3 is 11.9 Å². The maximum Gasteiger partial charge on any atom is 0.338 e. The van der Waals surface area contributed by atoms with Crippen molar-refractivity contribution in [2.75, 3.05) is 18.5 Å². The number of nitrogens with one attached hydrogen (secondary N) is 1. The Labute approximate surface area is 202 Å². The van der Waals surface area contributed by atoms with E-state index in [1.807, 2.05) is 0 Å². The van der Waals surface area contributed by atoms with Crippen LogP contribution in [0.4, 0.5) is 11.4 Å². The molecule has 3 aromatic rings. The molecule has 4 rings (SSSR count). The topological polar surface area (TPSA) is 107 Å². The molecule has 0 spiro atoms. The molecule has 35 heavy (non-hydrogen) atoms. The first-order valence-corrected chi connectivity index (χ1v) is 11.1. The number of Topliss-reactive ketones (excluding diaryl/α,β-unsaturated/α-hetero) is 1. The van der Waals surface area contributed by atoms with Crippen LogP contribution in [0.25, 0.3) is 0 Å².